The topological polar surface area (TPSA) is 50.1 Å². The number of nitriles is 1. The second kappa shape index (κ2) is 5.52. The van der Waals surface area contributed by atoms with Crippen LogP contribution >= 0.6 is 15.9 Å². The number of halogens is 1. The van der Waals surface area contributed by atoms with E-state index in [1.807, 2.05) is 0 Å². The van der Waals surface area contributed by atoms with Gasteiger partial charge in [0, 0.05) is 5.33 Å². The van der Waals surface area contributed by atoms with Gasteiger partial charge in [-0.05, 0) is 30.7 Å². The van der Waals surface area contributed by atoms with Gasteiger partial charge in [0.25, 0.3) is 0 Å². The van der Waals surface area contributed by atoms with Gasteiger partial charge in [-0.25, -0.2) is 4.79 Å². The van der Waals surface area contributed by atoms with Crippen LogP contribution in [0, 0.1) is 11.3 Å². The van der Waals surface area contributed by atoms with Crippen LogP contribution in [0.4, 0.5) is 0 Å². The van der Waals surface area contributed by atoms with Gasteiger partial charge in [0.2, 0.25) is 0 Å². The average Bonchev–Trinajstić information content (AvgIpc) is 2.28. The quantitative estimate of drug-likeness (QED) is 0.625. The van der Waals surface area contributed by atoms with Crippen molar-refractivity contribution in [1.82, 2.24) is 0 Å². The number of hydrogen-bond acceptors (Lipinski definition) is 3. The summed E-state index contributed by atoms with van der Waals surface area (Å²) >= 11 is 3.27. The third-order valence-corrected chi connectivity index (χ3v) is 2.48. The zero-order valence-electron chi connectivity index (χ0n) is 8.29. The smallest absolute Gasteiger partial charge is 0.338 e. The number of hydrogen-bond donors (Lipinski definition) is 0. The molecule has 0 atom stereocenters. The van der Waals surface area contributed by atoms with Crippen LogP contribution in [0.2, 0.25) is 0 Å². The second-order valence-electron chi connectivity index (χ2n) is 2.84. The Morgan fingerprint density at radius 1 is 1.60 bits per heavy atom. The van der Waals surface area contributed by atoms with Crippen LogP contribution in [-0.4, -0.2) is 12.6 Å². The number of carbonyl (C=O) groups excluding carboxylic acids is 1. The molecule has 3 nitrogen and oxygen atoms in total. The summed E-state index contributed by atoms with van der Waals surface area (Å²) in [5.74, 6) is -0.357. The Hall–Kier alpha value is -1.34. The summed E-state index contributed by atoms with van der Waals surface area (Å²) in [6.07, 6.45) is 0. The number of ether oxygens (including phenoxy) is 1. The predicted molar refractivity (Wildman–Crippen MR) is 59.7 cm³/mol. The molecule has 0 fully saturated rings. The molecule has 1 aromatic rings. The van der Waals surface area contributed by atoms with E-state index in [0.717, 1.165) is 5.56 Å². The van der Waals surface area contributed by atoms with E-state index >= 15 is 0 Å². The molecule has 0 aliphatic heterocycles. The number of carbonyl (C=O) groups is 1. The number of alkyl halides is 1. The van der Waals surface area contributed by atoms with E-state index in [9.17, 15) is 4.79 Å². The van der Waals surface area contributed by atoms with Crippen molar-refractivity contribution in [3.05, 3.63) is 34.9 Å². The molecule has 15 heavy (non-hydrogen) atoms. The van der Waals surface area contributed by atoms with Crippen molar-refractivity contribution < 1.29 is 9.53 Å². The van der Waals surface area contributed by atoms with Crippen molar-refractivity contribution in [1.29, 1.82) is 5.26 Å². The highest BCUT2D eigenvalue weighted by molar-refractivity contribution is 9.08. The van der Waals surface area contributed by atoms with Crippen LogP contribution in [0.5, 0.6) is 0 Å². The Morgan fingerprint density at radius 2 is 2.33 bits per heavy atom. The highest BCUT2D eigenvalue weighted by Gasteiger charge is 2.09. The molecule has 0 aliphatic carbocycles. The third-order valence-electron chi connectivity index (χ3n) is 1.88. The maximum Gasteiger partial charge on any atom is 0.338 e. The predicted octanol–water partition coefficient (Wildman–Crippen LogP) is 2.63. The van der Waals surface area contributed by atoms with Gasteiger partial charge in [-0.15, -0.1) is 0 Å². The summed E-state index contributed by atoms with van der Waals surface area (Å²) in [5, 5.41) is 9.34. The van der Waals surface area contributed by atoms with Crippen molar-refractivity contribution in [3.63, 3.8) is 0 Å². The van der Waals surface area contributed by atoms with Gasteiger partial charge < -0.3 is 4.74 Å². The Morgan fingerprint density at radius 3 is 2.87 bits per heavy atom. The molecule has 0 aliphatic rings. The van der Waals surface area contributed by atoms with E-state index in [4.69, 9.17) is 10.00 Å². The lowest BCUT2D eigenvalue weighted by Gasteiger charge is -2.04. The molecule has 0 unspecified atom stereocenters. The Bertz CT molecular complexity index is 410. The van der Waals surface area contributed by atoms with Crippen molar-refractivity contribution in [2.45, 2.75) is 12.3 Å². The molecule has 78 valence electrons. The molecule has 0 heterocycles. The lowest BCUT2D eigenvalue weighted by atomic mass is 10.1. The van der Waals surface area contributed by atoms with E-state index in [2.05, 4.69) is 22.0 Å². The molecule has 0 saturated heterocycles. The molecule has 0 aromatic heterocycles. The fourth-order valence-electron chi connectivity index (χ4n) is 1.15. The third kappa shape index (κ3) is 2.80. The lowest BCUT2D eigenvalue weighted by Crippen LogP contribution is -2.05. The fraction of sp³-hybridized carbons (Fsp3) is 0.273. The highest BCUT2D eigenvalue weighted by Crippen LogP contribution is 2.15. The molecular weight excluding hydrogens is 258 g/mol. The minimum absolute atomic E-state index is 0.350. The minimum atomic E-state index is -0.357. The standard InChI is InChI=1S/C11H10BrNO2/c1-2-15-11(14)8-3-4-9(7-13)10(5-8)6-12/h3-5H,2,6H2,1H3. The molecule has 1 aromatic carbocycles. The summed E-state index contributed by atoms with van der Waals surface area (Å²) in [4.78, 5) is 11.4. The van der Waals surface area contributed by atoms with Crippen molar-refractivity contribution >= 4 is 21.9 Å². The Kier molecular flexibility index (Phi) is 4.32. The van der Waals surface area contributed by atoms with Crippen LogP contribution in [0.25, 0.3) is 0 Å². The molecule has 0 N–H and O–H groups in total. The first-order chi connectivity index (χ1) is 7.22. The average molecular weight is 268 g/mol. The summed E-state index contributed by atoms with van der Waals surface area (Å²) < 4.78 is 4.86. The molecule has 0 radical (unpaired) electrons. The minimum Gasteiger partial charge on any atom is -0.462 e. The van der Waals surface area contributed by atoms with Crippen molar-refractivity contribution in [2.24, 2.45) is 0 Å². The molecule has 0 amide bonds. The van der Waals surface area contributed by atoms with Crippen LogP contribution in [0.1, 0.15) is 28.4 Å². The van der Waals surface area contributed by atoms with Crippen LogP contribution in [0.3, 0.4) is 0 Å². The Labute approximate surface area is 96.8 Å². The van der Waals surface area contributed by atoms with Gasteiger partial charge in [-0.1, -0.05) is 15.9 Å². The van der Waals surface area contributed by atoms with E-state index in [-0.39, 0.29) is 5.97 Å². The first kappa shape index (κ1) is 11.7. The Balaban J connectivity index is 3.04. The number of nitrogens with zero attached hydrogens (tertiary/aromatic N) is 1. The fourth-order valence-corrected chi connectivity index (χ4v) is 1.62. The highest BCUT2D eigenvalue weighted by atomic mass is 79.9. The monoisotopic (exact) mass is 267 g/mol. The van der Waals surface area contributed by atoms with Gasteiger partial charge in [-0.2, -0.15) is 5.26 Å². The van der Waals surface area contributed by atoms with Gasteiger partial charge in [-0.3, -0.25) is 0 Å². The summed E-state index contributed by atoms with van der Waals surface area (Å²) in [6.45, 7) is 2.11. The molecule has 0 saturated carbocycles. The van der Waals surface area contributed by atoms with E-state index in [0.29, 0.717) is 23.1 Å². The van der Waals surface area contributed by atoms with Crippen LogP contribution < -0.4 is 0 Å². The zero-order valence-corrected chi connectivity index (χ0v) is 9.87. The maximum atomic E-state index is 11.4. The van der Waals surface area contributed by atoms with Crippen LogP contribution in [0.15, 0.2) is 18.2 Å². The van der Waals surface area contributed by atoms with Gasteiger partial charge in [0.1, 0.15) is 0 Å². The van der Waals surface area contributed by atoms with E-state index in [1.54, 1.807) is 25.1 Å². The van der Waals surface area contributed by atoms with Gasteiger partial charge in [0.15, 0.2) is 0 Å². The lowest BCUT2D eigenvalue weighted by molar-refractivity contribution is 0.0526. The summed E-state index contributed by atoms with van der Waals surface area (Å²) in [7, 11) is 0. The van der Waals surface area contributed by atoms with Gasteiger partial charge >= 0.3 is 5.97 Å². The molecule has 0 bridgehead atoms. The molecule has 1 rings (SSSR count). The SMILES string of the molecule is CCOC(=O)c1ccc(C#N)c(CBr)c1. The van der Waals surface area contributed by atoms with E-state index < -0.39 is 0 Å². The normalized spacial score (nSPS) is 9.40. The van der Waals surface area contributed by atoms with Crippen molar-refractivity contribution in [3.8, 4) is 6.07 Å². The van der Waals surface area contributed by atoms with Crippen LogP contribution in [-0.2, 0) is 10.1 Å². The first-order valence-electron chi connectivity index (χ1n) is 4.49. The zero-order chi connectivity index (χ0) is 11.3. The first-order valence-corrected chi connectivity index (χ1v) is 5.61. The summed E-state index contributed by atoms with van der Waals surface area (Å²) in [5.41, 5.74) is 1.84. The van der Waals surface area contributed by atoms with Crippen molar-refractivity contribution in [2.75, 3.05) is 6.61 Å². The largest absolute Gasteiger partial charge is 0.462 e. The second-order valence-corrected chi connectivity index (χ2v) is 3.40. The number of esters is 1. The van der Waals surface area contributed by atoms with E-state index in [1.165, 1.54) is 0 Å². The molecular formula is C11H10BrNO2. The molecule has 4 heteroatoms. The summed E-state index contributed by atoms with van der Waals surface area (Å²) in [6, 6.07) is 6.96. The molecule has 0 spiro atoms. The van der Waals surface area contributed by atoms with Gasteiger partial charge in [0.05, 0.1) is 23.8 Å². The number of rotatable bonds is 3. The number of benzene rings is 1. The maximum absolute atomic E-state index is 11.4.